The van der Waals surface area contributed by atoms with Gasteiger partial charge < -0.3 is 9.72 Å². The monoisotopic (exact) mass is 254 g/mol. The number of hydrogen-bond donors (Lipinski definition) is 1. The van der Waals surface area contributed by atoms with Gasteiger partial charge in [-0.1, -0.05) is 6.07 Å². The van der Waals surface area contributed by atoms with Gasteiger partial charge in [0, 0.05) is 6.07 Å². The third-order valence-corrected chi connectivity index (χ3v) is 2.44. The van der Waals surface area contributed by atoms with Crippen LogP contribution in [0, 0.1) is 11.3 Å². The minimum atomic E-state index is -0.505. The number of pyridine rings is 1. The van der Waals surface area contributed by atoms with Crippen LogP contribution in [0.1, 0.15) is 21.6 Å². The Kier molecular flexibility index (Phi) is 3.74. The van der Waals surface area contributed by atoms with Crippen LogP contribution >= 0.6 is 0 Å². The lowest BCUT2D eigenvalue weighted by Gasteiger charge is -2.04. The van der Waals surface area contributed by atoms with E-state index < -0.39 is 5.97 Å². The van der Waals surface area contributed by atoms with Crippen molar-refractivity contribution in [2.24, 2.45) is 0 Å². The third kappa shape index (κ3) is 3.30. The number of esters is 1. The summed E-state index contributed by atoms with van der Waals surface area (Å²) in [7, 11) is 0. The fourth-order valence-electron chi connectivity index (χ4n) is 1.48. The maximum absolute atomic E-state index is 11.7. The van der Waals surface area contributed by atoms with E-state index in [4.69, 9.17) is 10.00 Å². The van der Waals surface area contributed by atoms with Crippen molar-refractivity contribution in [2.45, 2.75) is 6.61 Å². The van der Waals surface area contributed by atoms with E-state index in [1.807, 2.05) is 6.07 Å². The minimum absolute atomic E-state index is 0.00504. The molecule has 0 bridgehead atoms. The highest BCUT2D eigenvalue weighted by molar-refractivity contribution is 5.89. The lowest BCUT2D eigenvalue weighted by atomic mass is 10.1. The number of ether oxygens (including phenoxy) is 1. The van der Waals surface area contributed by atoms with E-state index in [0.29, 0.717) is 16.8 Å². The van der Waals surface area contributed by atoms with E-state index in [2.05, 4.69) is 4.98 Å². The molecule has 0 amide bonds. The second kappa shape index (κ2) is 5.65. The lowest BCUT2D eigenvalue weighted by Crippen LogP contribution is -2.10. The van der Waals surface area contributed by atoms with Crippen molar-refractivity contribution in [2.75, 3.05) is 0 Å². The Morgan fingerprint density at radius 3 is 2.58 bits per heavy atom. The van der Waals surface area contributed by atoms with E-state index in [-0.39, 0.29) is 12.2 Å². The average Bonchev–Trinajstić information content (AvgIpc) is 2.45. The first-order valence-electron chi connectivity index (χ1n) is 5.54. The summed E-state index contributed by atoms with van der Waals surface area (Å²) in [4.78, 5) is 25.3. The Hall–Kier alpha value is -2.87. The van der Waals surface area contributed by atoms with E-state index in [1.54, 1.807) is 24.3 Å². The van der Waals surface area contributed by atoms with Gasteiger partial charge in [-0.15, -0.1) is 0 Å². The topological polar surface area (TPSA) is 82.9 Å². The smallest absolute Gasteiger partial charge is 0.338 e. The van der Waals surface area contributed by atoms with Crippen molar-refractivity contribution >= 4 is 5.97 Å². The van der Waals surface area contributed by atoms with Crippen molar-refractivity contribution in [3.05, 3.63) is 69.6 Å². The lowest BCUT2D eigenvalue weighted by molar-refractivity contribution is 0.0467. The number of benzene rings is 1. The highest BCUT2D eigenvalue weighted by atomic mass is 16.5. The van der Waals surface area contributed by atoms with Gasteiger partial charge in [0.15, 0.2) is 0 Å². The van der Waals surface area contributed by atoms with Gasteiger partial charge in [0.1, 0.15) is 6.61 Å². The number of carbonyl (C=O) groups excluding carboxylic acids is 1. The zero-order chi connectivity index (χ0) is 13.7. The summed E-state index contributed by atoms with van der Waals surface area (Å²) in [6.45, 7) is -0.00504. The van der Waals surface area contributed by atoms with Gasteiger partial charge in [0.2, 0.25) is 5.56 Å². The van der Waals surface area contributed by atoms with Gasteiger partial charge in [-0.25, -0.2) is 4.79 Å². The minimum Gasteiger partial charge on any atom is -0.456 e. The van der Waals surface area contributed by atoms with Crippen molar-refractivity contribution in [3.8, 4) is 6.07 Å². The predicted molar refractivity (Wildman–Crippen MR) is 67.3 cm³/mol. The van der Waals surface area contributed by atoms with E-state index in [0.717, 1.165) is 0 Å². The second-order valence-corrected chi connectivity index (χ2v) is 3.81. The van der Waals surface area contributed by atoms with Crippen LogP contribution in [0.3, 0.4) is 0 Å². The van der Waals surface area contributed by atoms with Gasteiger partial charge in [-0.05, 0) is 30.3 Å². The van der Waals surface area contributed by atoms with Crippen LogP contribution in [-0.4, -0.2) is 11.0 Å². The zero-order valence-corrected chi connectivity index (χ0v) is 9.92. The second-order valence-electron chi connectivity index (χ2n) is 3.81. The average molecular weight is 254 g/mol. The Morgan fingerprint density at radius 2 is 1.95 bits per heavy atom. The molecular formula is C14H10N2O3. The van der Waals surface area contributed by atoms with E-state index in [9.17, 15) is 9.59 Å². The molecule has 1 aromatic carbocycles. The number of aromatic amines is 1. The van der Waals surface area contributed by atoms with E-state index in [1.165, 1.54) is 18.2 Å². The fourth-order valence-corrected chi connectivity index (χ4v) is 1.48. The summed E-state index contributed by atoms with van der Waals surface area (Å²) in [6.07, 6.45) is 0. The summed E-state index contributed by atoms with van der Waals surface area (Å²) in [5.41, 5.74) is 1.11. The molecule has 0 spiro atoms. The molecule has 0 saturated heterocycles. The largest absolute Gasteiger partial charge is 0.456 e. The molecule has 19 heavy (non-hydrogen) atoms. The number of nitrogens with zero attached hydrogens (tertiary/aromatic N) is 1. The SMILES string of the molecule is N#Cc1ccc(C(=O)OCc2cccc(=O)[nH]2)cc1. The van der Waals surface area contributed by atoms with Crippen LogP contribution in [0.5, 0.6) is 0 Å². The van der Waals surface area contributed by atoms with Crippen molar-refractivity contribution in [3.63, 3.8) is 0 Å². The fraction of sp³-hybridized carbons (Fsp3) is 0.0714. The molecule has 94 valence electrons. The number of rotatable bonds is 3. The van der Waals surface area contributed by atoms with Crippen LogP contribution in [0.2, 0.25) is 0 Å². The normalized spacial score (nSPS) is 9.63. The zero-order valence-electron chi connectivity index (χ0n) is 9.92. The molecular weight excluding hydrogens is 244 g/mol. The molecule has 0 aliphatic rings. The maximum atomic E-state index is 11.7. The van der Waals surface area contributed by atoms with Crippen molar-refractivity contribution < 1.29 is 9.53 Å². The van der Waals surface area contributed by atoms with Gasteiger partial charge in [-0.2, -0.15) is 5.26 Å². The Labute approximate surface area is 109 Å². The number of carbonyl (C=O) groups is 1. The molecule has 0 radical (unpaired) electrons. The van der Waals surface area contributed by atoms with Gasteiger partial charge in [0.05, 0.1) is 22.9 Å². The molecule has 0 aliphatic carbocycles. The van der Waals surface area contributed by atoms with Crippen LogP contribution in [0.4, 0.5) is 0 Å². The number of nitrogens with one attached hydrogen (secondary N) is 1. The summed E-state index contributed by atoms with van der Waals surface area (Å²) in [6, 6.07) is 12.7. The summed E-state index contributed by atoms with van der Waals surface area (Å²) in [5, 5.41) is 8.65. The van der Waals surface area contributed by atoms with Gasteiger partial charge >= 0.3 is 5.97 Å². The van der Waals surface area contributed by atoms with Crippen LogP contribution < -0.4 is 5.56 Å². The summed E-state index contributed by atoms with van der Waals surface area (Å²) in [5.74, 6) is -0.505. The van der Waals surface area contributed by atoms with Gasteiger partial charge in [0.25, 0.3) is 0 Å². The first-order chi connectivity index (χ1) is 9.19. The molecule has 2 aromatic rings. The molecule has 0 aliphatic heterocycles. The van der Waals surface area contributed by atoms with Crippen LogP contribution in [-0.2, 0) is 11.3 Å². The molecule has 1 N–H and O–H groups in total. The molecule has 5 heteroatoms. The standard InChI is InChI=1S/C14H10N2O3/c15-8-10-4-6-11(7-5-10)14(18)19-9-12-2-1-3-13(17)16-12/h1-7H,9H2,(H,16,17). The molecule has 0 unspecified atom stereocenters. The van der Waals surface area contributed by atoms with Crippen LogP contribution in [0.25, 0.3) is 0 Å². The first-order valence-corrected chi connectivity index (χ1v) is 5.54. The van der Waals surface area contributed by atoms with Gasteiger partial charge in [-0.3, -0.25) is 4.79 Å². The molecule has 2 rings (SSSR count). The number of hydrogen-bond acceptors (Lipinski definition) is 4. The molecule has 1 aromatic heterocycles. The molecule has 0 fully saturated rings. The quantitative estimate of drug-likeness (QED) is 0.843. The predicted octanol–water partition coefficient (Wildman–Crippen LogP) is 1.60. The Morgan fingerprint density at radius 1 is 1.21 bits per heavy atom. The third-order valence-electron chi connectivity index (χ3n) is 2.44. The molecule has 5 nitrogen and oxygen atoms in total. The number of H-pyrrole nitrogens is 1. The van der Waals surface area contributed by atoms with Crippen molar-refractivity contribution in [1.82, 2.24) is 4.98 Å². The number of aromatic nitrogens is 1. The highest BCUT2D eigenvalue weighted by Gasteiger charge is 2.07. The molecule has 0 atom stereocenters. The van der Waals surface area contributed by atoms with E-state index >= 15 is 0 Å². The maximum Gasteiger partial charge on any atom is 0.338 e. The van der Waals surface area contributed by atoms with Crippen molar-refractivity contribution in [1.29, 1.82) is 5.26 Å². The number of nitriles is 1. The Bertz CT molecular complexity index is 681. The summed E-state index contributed by atoms with van der Waals surface area (Å²) < 4.78 is 5.05. The molecule has 0 saturated carbocycles. The Balaban J connectivity index is 2.01. The molecule has 1 heterocycles. The summed E-state index contributed by atoms with van der Waals surface area (Å²) >= 11 is 0. The first kappa shape index (κ1) is 12.6. The van der Waals surface area contributed by atoms with Crippen LogP contribution in [0.15, 0.2) is 47.3 Å². The highest BCUT2D eigenvalue weighted by Crippen LogP contribution is 2.06.